The van der Waals surface area contributed by atoms with Crippen molar-refractivity contribution in [2.24, 2.45) is 0 Å². The van der Waals surface area contributed by atoms with Crippen molar-refractivity contribution in [2.45, 2.75) is 57.5 Å². The predicted molar refractivity (Wildman–Crippen MR) is 94.7 cm³/mol. The molecule has 0 aliphatic carbocycles. The van der Waals surface area contributed by atoms with Crippen molar-refractivity contribution in [1.82, 2.24) is 10.0 Å². The number of methoxy groups -OCH3 is 1. The van der Waals surface area contributed by atoms with Gasteiger partial charge in [-0.25, -0.2) is 13.1 Å². The first-order valence-electron chi connectivity index (χ1n) is 7.90. The molecule has 0 spiro atoms. The van der Waals surface area contributed by atoms with Crippen LogP contribution in [0, 0.1) is 6.92 Å². The Morgan fingerprint density at radius 3 is 2.46 bits per heavy atom. The van der Waals surface area contributed by atoms with Crippen LogP contribution in [0.5, 0.6) is 0 Å². The maximum Gasteiger partial charge on any atom is 0.251 e. The van der Waals surface area contributed by atoms with Gasteiger partial charge in [-0.05, 0) is 58.7 Å². The molecule has 6 nitrogen and oxygen atoms in total. The Labute approximate surface area is 145 Å². The molecule has 2 N–H and O–H groups in total. The average molecular weight is 356 g/mol. The highest BCUT2D eigenvalue weighted by atomic mass is 32.2. The number of aryl methyl sites for hydroxylation is 1. The second-order valence-corrected chi connectivity index (χ2v) is 8.67. The maximum atomic E-state index is 12.4. The lowest BCUT2D eigenvalue weighted by molar-refractivity contribution is 0.0928. The van der Waals surface area contributed by atoms with Gasteiger partial charge < -0.3 is 10.1 Å². The zero-order valence-corrected chi connectivity index (χ0v) is 16.1. The molecule has 0 radical (unpaired) electrons. The van der Waals surface area contributed by atoms with E-state index in [2.05, 4.69) is 10.0 Å². The molecule has 0 bridgehead atoms. The minimum absolute atomic E-state index is 0.0650. The maximum absolute atomic E-state index is 12.4. The Bertz CT molecular complexity index is 678. The normalized spacial score (nSPS) is 13.6. The van der Waals surface area contributed by atoms with E-state index in [4.69, 9.17) is 4.74 Å². The number of benzene rings is 1. The molecule has 0 saturated carbocycles. The van der Waals surface area contributed by atoms with Gasteiger partial charge in [0.1, 0.15) is 0 Å². The molecule has 0 heterocycles. The monoisotopic (exact) mass is 356 g/mol. The molecule has 1 rings (SSSR count). The standard InChI is InChI=1S/C17H28N2O4S/c1-12-7-8-14(24(21,22)19-17(3,4)5)11-15(12)16(20)18-13(2)9-10-23-6/h7-8,11,13,19H,9-10H2,1-6H3,(H,18,20). The number of sulfonamides is 1. The van der Waals surface area contributed by atoms with Gasteiger partial charge in [0.25, 0.3) is 5.91 Å². The molecule has 1 aromatic carbocycles. The van der Waals surface area contributed by atoms with Crippen molar-refractivity contribution in [1.29, 1.82) is 0 Å². The summed E-state index contributed by atoms with van der Waals surface area (Å²) in [7, 11) is -2.08. The molecule has 24 heavy (non-hydrogen) atoms. The zero-order chi connectivity index (χ0) is 18.5. The summed E-state index contributed by atoms with van der Waals surface area (Å²) in [6, 6.07) is 4.51. The molecular weight excluding hydrogens is 328 g/mol. The molecule has 0 aliphatic rings. The van der Waals surface area contributed by atoms with Gasteiger partial charge in [-0.15, -0.1) is 0 Å². The topological polar surface area (TPSA) is 84.5 Å². The number of amides is 1. The molecule has 0 aliphatic heterocycles. The van der Waals surface area contributed by atoms with Crippen molar-refractivity contribution in [3.05, 3.63) is 29.3 Å². The van der Waals surface area contributed by atoms with Crippen LogP contribution in [-0.4, -0.2) is 39.6 Å². The van der Waals surface area contributed by atoms with Crippen LogP contribution >= 0.6 is 0 Å². The molecular formula is C17H28N2O4S. The highest BCUT2D eigenvalue weighted by Gasteiger charge is 2.23. The number of carbonyl (C=O) groups excluding carboxylic acids is 1. The molecule has 0 fully saturated rings. The Morgan fingerprint density at radius 1 is 1.29 bits per heavy atom. The van der Waals surface area contributed by atoms with Crippen LogP contribution in [0.25, 0.3) is 0 Å². The summed E-state index contributed by atoms with van der Waals surface area (Å²) < 4.78 is 32.5. The van der Waals surface area contributed by atoms with Gasteiger partial charge in [-0.2, -0.15) is 0 Å². The number of nitrogens with one attached hydrogen (secondary N) is 2. The predicted octanol–water partition coefficient (Wildman–Crippen LogP) is 2.23. The second kappa shape index (κ2) is 8.09. The van der Waals surface area contributed by atoms with Gasteiger partial charge in [-0.3, -0.25) is 4.79 Å². The van der Waals surface area contributed by atoms with E-state index >= 15 is 0 Å². The van der Waals surface area contributed by atoms with Crippen molar-refractivity contribution in [3.63, 3.8) is 0 Å². The third-order valence-corrected chi connectivity index (χ3v) is 5.09. The summed E-state index contributed by atoms with van der Waals surface area (Å²) in [4.78, 5) is 12.5. The van der Waals surface area contributed by atoms with E-state index in [0.29, 0.717) is 18.6 Å². The number of rotatable bonds is 7. The van der Waals surface area contributed by atoms with Crippen LogP contribution in [0.2, 0.25) is 0 Å². The number of carbonyl (C=O) groups is 1. The molecule has 0 saturated heterocycles. The molecule has 136 valence electrons. The van der Waals surface area contributed by atoms with Crippen LogP contribution in [0.4, 0.5) is 0 Å². The number of hydrogen-bond acceptors (Lipinski definition) is 4. The van der Waals surface area contributed by atoms with E-state index in [0.717, 1.165) is 5.56 Å². The fraction of sp³-hybridized carbons (Fsp3) is 0.588. The molecule has 1 aromatic rings. The van der Waals surface area contributed by atoms with E-state index in [1.807, 2.05) is 6.92 Å². The molecule has 0 aromatic heterocycles. The van der Waals surface area contributed by atoms with Crippen LogP contribution in [-0.2, 0) is 14.8 Å². The van der Waals surface area contributed by atoms with Crippen LogP contribution < -0.4 is 10.0 Å². The molecule has 7 heteroatoms. The third kappa shape index (κ3) is 6.22. The first-order chi connectivity index (χ1) is 11.0. The van der Waals surface area contributed by atoms with Crippen LogP contribution in [0.15, 0.2) is 23.1 Å². The van der Waals surface area contributed by atoms with Gasteiger partial charge in [0.15, 0.2) is 0 Å². The van der Waals surface area contributed by atoms with Crippen molar-refractivity contribution < 1.29 is 17.9 Å². The molecule has 1 atom stereocenters. The lowest BCUT2D eigenvalue weighted by Crippen LogP contribution is -2.40. The van der Waals surface area contributed by atoms with E-state index in [1.54, 1.807) is 40.9 Å². The molecule has 1 amide bonds. The lowest BCUT2D eigenvalue weighted by atomic mass is 10.1. The fourth-order valence-corrected chi connectivity index (χ4v) is 3.59. The summed E-state index contributed by atoms with van der Waals surface area (Å²) in [6.45, 7) is 9.51. The summed E-state index contributed by atoms with van der Waals surface area (Å²) in [5.74, 6) is -0.288. The minimum Gasteiger partial charge on any atom is -0.385 e. The van der Waals surface area contributed by atoms with Crippen LogP contribution in [0.3, 0.4) is 0 Å². The first kappa shape index (κ1) is 20.6. The van der Waals surface area contributed by atoms with Gasteiger partial charge >= 0.3 is 0 Å². The van der Waals surface area contributed by atoms with Gasteiger partial charge in [0, 0.05) is 30.9 Å². The van der Waals surface area contributed by atoms with Gasteiger partial charge in [-0.1, -0.05) is 6.07 Å². The average Bonchev–Trinajstić information content (AvgIpc) is 2.42. The van der Waals surface area contributed by atoms with E-state index in [9.17, 15) is 13.2 Å². The van der Waals surface area contributed by atoms with E-state index in [-0.39, 0.29) is 16.8 Å². The summed E-state index contributed by atoms with van der Waals surface area (Å²) >= 11 is 0. The summed E-state index contributed by atoms with van der Waals surface area (Å²) in [5, 5.41) is 2.86. The van der Waals surface area contributed by atoms with E-state index in [1.165, 1.54) is 12.1 Å². The molecule has 1 unspecified atom stereocenters. The first-order valence-corrected chi connectivity index (χ1v) is 9.39. The van der Waals surface area contributed by atoms with Crippen molar-refractivity contribution >= 4 is 15.9 Å². The Hall–Kier alpha value is -1.44. The lowest BCUT2D eigenvalue weighted by Gasteiger charge is -2.21. The Balaban J connectivity index is 3.04. The van der Waals surface area contributed by atoms with Crippen molar-refractivity contribution in [2.75, 3.05) is 13.7 Å². The highest BCUT2D eigenvalue weighted by molar-refractivity contribution is 7.89. The quantitative estimate of drug-likeness (QED) is 0.784. The largest absolute Gasteiger partial charge is 0.385 e. The smallest absolute Gasteiger partial charge is 0.251 e. The zero-order valence-electron chi connectivity index (χ0n) is 15.3. The van der Waals surface area contributed by atoms with Crippen LogP contribution in [0.1, 0.15) is 50.0 Å². The summed E-state index contributed by atoms with van der Waals surface area (Å²) in [6.07, 6.45) is 0.685. The SMILES string of the molecule is COCCC(C)NC(=O)c1cc(S(=O)(=O)NC(C)(C)C)ccc1C. The third-order valence-electron chi connectivity index (χ3n) is 3.34. The second-order valence-electron chi connectivity index (χ2n) is 6.99. The fourth-order valence-electron chi connectivity index (χ4n) is 2.14. The van der Waals surface area contributed by atoms with E-state index < -0.39 is 15.6 Å². The summed E-state index contributed by atoms with van der Waals surface area (Å²) in [5.41, 5.74) is 0.484. The van der Waals surface area contributed by atoms with Gasteiger partial charge in [0.2, 0.25) is 10.0 Å². The highest BCUT2D eigenvalue weighted by Crippen LogP contribution is 2.18. The van der Waals surface area contributed by atoms with Crippen molar-refractivity contribution in [3.8, 4) is 0 Å². The Morgan fingerprint density at radius 2 is 1.92 bits per heavy atom. The number of ether oxygens (including phenoxy) is 1. The number of hydrogen-bond donors (Lipinski definition) is 2. The minimum atomic E-state index is -3.68. The van der Waals surface area contributed by atoms with Gasteiger partial charge in [0.05, 0.1) is 4.90 Å². The Kier molecular flexibility index (Phi) is 6.95.